The van der Waals surface area contributed by atoms with Gasteiger partial charge < -0.3 is 24.8 Å². The van der Waals surface area contributed by atoms with Gasteiger partial charge in [-0.15, -0.1) is 0 Å². The Hall–Kier alpha value is 0.423. The summed E-state index contributed by atoms with van der Waals surface area (Å²) in [6.45, 7) is 9.72. The molecule has 184 valence electrons. The van der Waals surface area contributed by atoms with Gasteiger partial charge in [0.2, 0.25) is 0 Å². The molecule has 0 N–H and O–H groups in total. The summed E-state index contributed by atoms with van der Waals surface area (Å²) in [6, 6.07) is 0. The average Bonchev–Trinajstić information content (AvgIpc) is 3.55. The van der Waals surface area contributed by atoms with E-state index in [-0.39, 0.29) is 24.8 Å². The molecule has 0 radical (unpaired) electrons. The quantitative estimate of drug-likeness (QED) is 0.458. The minimum absolute atomic E-state index is 0. The molecular formula is C30H46Cl2Zr. The largest absolute Gasteiger partial charge is 1.00 e. The molecule has 0 aromatic rings. The van der Waals surface area contributed by atoms with Crippen LogP contribution in [0.4, 0.5) is 0 Å². The second-order valence-electron chi connectivity index (χ2n) is 11.5. The third-order valence-corrected chi connectivity index (χ3v) is 27.5. The first-order valence-electron chi connectivity index (χ1n) is 14.0. The van der Waals surface area contributed by atoms with Gasteiger partial charge in [-0.25, -0.2) is 0 Å². The number of halogens is 2. The second kappa shape index (κ2) is 11.6. The van der Waals surface area contributed by atoms with Crippen molar-refractivity contribution in [2.24, 2.45) is 23.7 Å². The first-order valence-corrected chi connectivity index (χ1v) is 20.3. The molecule has 0 amide bonds. The summed E-state index contributed by atoms with van der Waals surface area (Å²) in [5.41, 5.74) is 7.31. The molecule has 6 atom stereocenters. The molecule has 3 heteroatoms. The van der Waals surface area contributed by atoms with Crippen LogP contribution in [0.25, 0.3) is 0 Å². The first kappa shape index (κ1) is 28.0. The van der Waals surface area contributed by atoms with Gasteiger partial charge in [0.1, 0.15) is 0 Å². The van der Waals surface area contributed by atoms with Crippen molar-refractivity contribution in [2.75, 3.05) is 0 Å². The van der Waals surface area contributed by atoms with Crippen LogP contribution in [0.15, 0.2) is 46.6 Å². The van der Waals surface area contributed by atoms with Crippen LogP contribution in [0.1, 0.15) is 91.9 Å². The number of hydrogen-bond donors (Lipinski definition) is 0. The molecule has 1 saturated heterocycles. The van der Waals surface area contributed by atoms with E-state index in [0.717, 1.165) is 30.9 Å². The van der Waals surface area contributed by atoms with Crippen LogP contribution < -0.4 is 24.8 Å². The van der Waals surface area contributed by atoms with Crippen LogP contribution in [0.5, 0.6) is 0 Å². The first-order chi connectivity index (χ1) is 15.2. The monoisotopic (exact) mass is 566 g/mol. The van der Waals surface area contributed by atoms with Crippen molar-refractivity contribution in [3.8, 4) is 0 Å². The number of allylic oxidation sites excluding steroid dienone is 8. The fraction of sp³-hybridized carbons (Fsp3) is 0.733. The summed E-state index contributed by atoms with van der Waals surface area (Å²) in [4.78, 5) is 0. The Morgan fingerprint density at radius 1 is 0.576 bits per heavy atom. The van der Waals surface area contributed by atoms with Crippen LogP contribution in [0, 0.1) is 23.7 Å². The van der Waals surface area contributed by atoms with E-state index in [4.69, 9.17) is 0 Å². The zero-order valence-electron chi connectivity index (χ0n) is 21.5. The summed E-state index contributed by atoms with van der Waals surface area (Å²) in [6.07, 6.45) is 24.8. The Morgan fingerprint density at radius 3 is 1.30 bits per heavy atom. The summed E-state index contributed by atoms with van der Waals surface area (Å²) < 4.78 is 5.78. The van der Waals surface area contributed by atoms with Gasteiger partial charge in [0, 0.05) is 0 Å². The fourth-order valence-electron chi connectivity index (χ4n) is 9.57. The fourth-order valence-corrected chi connectivity index (χ4v) is 29.0. The molecule has 0 bridgehead atoms. The minimum atomic E-state index is -2.31. The molecule has 0 nitrogen and oxygen atoms in total. The number of rotatable bonds is 6. The van der Waals surface area contributed by atoms with Crippen molar-refractivity contribution in [3.63, 3.8) is 0 Å². The van der Waals surface area contributed by atoms with Crippen LogP contribution in [-0.4, -0.2) is 0 Å². The van der Waals surface area contributed by atoms with Crippen molar-refractivity contribution in [1.82, 2.24) is 0 Å². The average molecular weight is 569 g/mol. The molecular weight excluding hydrogens is 522 g/mol. The molecule has 0 spiro atoms. The normalized spacial score (nSPS) is 35.5. The van der Waals surface area contributed by atoms with Crippen molar-refractivity contribution >= 4 is 0 Å². The van der Waals surface area contributed by atoms with E-state index in [0.29, 0.717) is 0 Å². The third kappa shape index (κ3) is 4.53. The third-order valence-electron chi connectivity index (χ3n) is 10.8. The van der Waals surface area contributed by atoms with Crippen molar-refractivity contribution in [1.29, 1.82) is 0 Å². The maximum atomic E-state index is 2.60. The Bertz CT molecular complexity index is 751. The maximum Gasteiger partial charge on any atom is -1.00 e. The van der Waals surface area contributed by atoms with Crippen LogP contribution >= 0.6 is 0 Å². The van der Waals surface area contributed by atoms with E-state index < -0.39 is 20.3 Å². The Labute approximate surface area is 221 Å². The van der Waals surface area contributed by atoms with Gasteiger partial charge in [0.25, 0.3) is 0 Å². The molecule has 2 saturated carbocycles. The van der Waals surface area contributed by atoms with Crippen LogP contribution in [-0.2, 0) is 20.3 Å². The maximum absolute atomic E-state index is 2.60. The second-order valence-corrected chi connectivity index (χ2v) is 23.6. The summed E-state index contributed by atoms with van der Waals surface area (Å²) in [5.74, 6) is 3.74. The van der Waals surface area contributed by atoms with E-state index in [9.17, 15) is 0 Å². The summed E-state index contributed by atoms with van der Waals surface area (Å²) >= 11 is -2.31. The minimum Gasteiger partial charge on any atom is -1.00 e. The van der Waals surface area contributed by atoms with Gasteiger partial charge in [-0.1, -0.05) is 0 Å². The van der Waals surface area contributed by atoms with Gasteiger partial charge in [-0.3, -0.25) is 0 Å². The zero-order valence-corrected chi connectivity index (χ0v) is 25.5. The summed E-state index contributed by atoms with van der Waals surface area (Å²) in [5, 5.41) is 0. The van der Waals surface area contributed by atoms with E-state index in [1.54, 1.807) is 45.1 Å². The number of fused-ring (bicyclic) bond motifs is 2. The van der Waals surface area contributed by atoms with E-state index in [2.05, 4.69) is 52.0 Å². The predicted molar refractivity (Wildman–Crippen MR) is 132 cm³/mol. The van der Waals surface area contributed by atoms with Crippen molar-refractivity contribution in [3.05, 3.63) is 46.6 Å². The van der Waals surface area contributed by atoms with Crippen LogP contribution in [0.3, 0.4) is 0 Å². The topological polar surface area (TPSA) is 0 Å². The van der Waals surface area contributed by atoms with Crippen molar-refractivity contribution in [2.45, 2.75) is 107 Å². The molecule has 5 aliphatic rings. The van der Waals surface area contributed by atoms with E-state index in [1.807, 2.05) is 11.1 Å². The standard InChI is InChI=1S/2C13H19.C4H8.2ClH.Zr/c2*1-3-10-8-9-11(4-2)13-7-5-6-12(10)13;1-3-4-2;;;/h2*6,8-9,12-13H,3-5,7H2,1-2H3;1-4H2;2*1H;/q;;;;;+2/p-2. The number of hydrogen-bond acceptors (Lipinski definition) is 0. The summed E-state index contributed by atoms with van der Waals surface area (Å²) in [7, 11) is 0. The molecule has 0 aromatic carbocycles. The molecule has 0 aromatic heterocycles. The molecule has 1 heterocycles. The molecule has 5 rings (SSSR count). The predicted octanol–water partition coefficient (Wildman–Crippen LogP) is 3.78. The molecule has 4 aliphatic carbocycles. The van der Waals surface area contributed by atoms with Crippen molar-refractivity contribution < 1.29 is 45.1 Å². The Morgan fingerprint density at radius 2 is 0.939 bits per heavy atom. The van der Waals surface area contributed by atoms with Gasteiger partial charge in [-0.05, 0) is 0 Å². The smallest absolute Gasteiger partial charge is 1.00 e. The Kier molecular flexibility index (Phi) is 9.88. The van der Waals surface area contributed by atoms with Crippen LogP contribution in [0.2, 0.25) is 15.5 Å². The molecule has 1 aliphatic heterocycles. The molecule has 6 unspecified atom stereocenters. The van der Waals surface area contributed by atoms with Gasteiger partial charge in [0.15, 0.2) is 0 Å². The zero-order chi connectivity index (χ0) is 21.6. The SMILES string of the molecule is CCC1=CC=C(CC)C2C1CC[CH]2[Zr+2]1([CH]2CCC3C(CC)=CC=C(CC)C32)[CH2]CC[CH2]1.[Cl-].[Cl-]. The van der Waals surface area contributed by atoms with Gasteiger partial charge >= 0.3 is 198 Å². The molecule has 3 fully saturated rings. The van der Waals surface area contributed by atoms with E-state index >= 15 is 0 Å². The van der Waals surface area contributed by atoms with E-state index in [1.165, 1.54) is 38.5 Å². The molecule has 33 heavy (non-hydrogen) atoms. The Balaban J connectivity index is 0.00000153. The van der Waals surface area contributed by atoms with Gasteiger partial charge in [0.05, 0.1) is 0 Å². The van der Waals surface area contributed by atoms with Gasteiger partial charge in [-0.2, -0.15) is 0 Å².